The predicted molar refractivity (Wildman–Crippen MR) is 82.3 cm³/mol. The van der Waals surface area contributed by atoms with Gasteiger partial charge in [-0.2, -0.15) is 13.2 Å². The Morgan fingerprint density at radius 3 is 2.38 bits per heavy atom. The molecule has 0 radical (unpaired) electrons. The highest BCUT2D eigenvalue weighted by Crippen LogP contribution is 2.35. The highest BCUT2D eigenvalue weighted by molar-refractivity contribution is 7.82. The zero-order valence-corrected chi connectivity index (χ0v) is 13.6. The SMILES string of the molecule is CS(=O)NC(=O)c1ccc(Oc2cnc(C(F)(F)F)c(Cl)c2)cc1. The molecule has 0 saturated heterocycles. The van der Waals surface area contributed by atoms with Gasteiger partial charge < -0.3 is 4.74 Å². The maximum Gasteiger partial charge on any atom is 0.434 e. The van der Waals surface area contributed by atoms with Crippen molar-refractivity contribution in [1.82, 2.24) is 9.71 Å². The number of nitrogens with zero attached hydrogens (tertiary/aromatic N) is 1. The maximum absolute atomic E-state index is 12.6. The van der Waals surface area contributed by atoms with Gasteiger partial charge in [0.25, 0.3) is 5.91 Å². The van der Waals surface area contributed by atoms with E-state index < -0.39 is 33.8 Å². The third kappa shape index (κ3) is 4.68. The van der Waals surface area contributed by atoms with Crippen LogP contribution in [-0.2, 0) is 17.2 Å². The minimum atomic E-state index is -4.65. The minimum absolute atomic E-state index is 0.0138. The van der Waals surface area contributed by atoms with E-state index >= 15 is 0 Å². The van der Waals surface area contributed by atoms with Gasteiger partial charge in [-0.05, 0) is 24.3 Å². The van der Waals surface area contributed by atoms with E-state index in [4.69, 9.17) is 16.3 Å². The largest absolute Gasteiger partial charge is 0.456 e. The van der Waals surface area contributed by atoms with Crippen molar-refractivity contribution in [2.45, 2.75) is 6.18 Å². The first-order chi connectivity index (χ1) is 11.2. The van der Waals surface area contributed by atoms with Crippen LogP contribution in [0.15, 0.2) is 36.5 Å². The van der Waals surface area contributed by atoms with Gasteiger partial charge in [-0.3, -0.25) is 9.52 Å². The zero-order valence-electron chi connectivity index (χ0n) is 12.1. The molecule has 1 amide bonds. The second-order valence-corrected chi connectivity index (χ2v) is 6.03. The van der Waals surface area contributed by atoms with Gasteiger partial charge in [0.05, 0.1) is 11.2 Å². The quantitative estimate of drug-likeness (QED) is 0.883. The summed E-state index contributed by atoms with van der Waals surface area (Å²) < 4.78 is 56.2. The van der Waals surface area contributed by atoms with Crippen molar-refractivity contribution in [2.75, 3.05) is 6.26 Å². The van der Waals surface area contributed by atoms with E-state index in [1.807, 2.05) is 0 Å². The fourth-order valence-electron chi connectivity index (χ4n) is 1.68. The third-order valence-electron chi connectivity index (χ3n) is 2.67. The summed E-state index contributed by atoms with van der Waals surface area (Å²) in [5, 5.41) is -0.582. The van der Waals surface area contributed by atoms with Crippen LogP contribution in [0.3, 0.4) is 0 Å². The van der Waals surface area contributed by atoms with Crippen LogP contribution < -0.4 is 9.46 Å². The Hall–Kier alpha value is -2.13. The van der Waals surface area contributed by atoms with Crippen molar-refractivity contribution in [2.24, 2.45) is 0 Å². The lowest BCUT2D eigenvalue weighted by Crippen LogP contribution is -2.24. The number of alkyl halides is 3. The van der Waals surface area contributed by atoms with Gasteiger partial charge in [0.1, 0.15) is 22.5 Å². The number of nitrogens with one attached hydrogen (secondary N) is 1. The second-order valence-electron chi connectivity index (χ2n) is 4.51. The molecule has 24 heavy (non-hydrogen) atoms. The van der Waals surface area contributed by atoms with Crippen LogP contribution in [0.5, 0.6) is 11.5 Å². The number of aromatic nitrogens is 1. The number of amides is 1. The van der Waals surface area contributed by atoms with Crippen LogP contribution in [0.2, 0.25) is 5.02 Å². The molecule has 0 fully saturated rings. The van der Waals surface area contributed by atoms with Crippen LogP contribution in [0.1, 0.15) is 16.1 Å². The molecule has 1 atom stereocenters. The summed E-state index contributed by atoms with van der Waals surface area (Å²) in [7, 11) is -1.49. The van der Waals surface area contributed by atoms with E-state index in [9.17, 15) is 22.2 Å². The van der Waals surface area contributed by atoms with Crippen molar-refractivity contribution in [3.63, 3.8) is 0 Å². The van der Waals surface area contributed by atoms with Gasteiger partial charge in [-0.15, -0.1) is 0 Å². The van der Waals surface area contributed by atoms with Crippen molar-refractivity contribution >= 4 is 28.5 Å². The molecule has 0 aliphatic rings. The number of ether oxygens (including phenoxy) is 1. The summed E-state index contributed by atoms with van der Waals surface area (Å²) >= 11 is 5.55. The predicted octanol–water partition coefficient (Wildman–Crippen LogP) is 3.57. The minimum Gasteiger partial charge on any atom is -0.456 e. The van der Waals surface area contributed by atoms with Gasteiger partial charge in [0.15, 0.2) is 5.69 Å². The van der Waals surface area contributed by atoms with Crippen LogP contribution in [0.25, 0.3) is 0 Å². The first-order valence-electron chi connectivity index (χ1n) is 6.32. The molecule has 1 aromatic carbocycles. The Kier molecular flexibility index (Phi) is 5.45. The van der Waals surface area contributed by atoms with E-state index in [-0.39, 0.29) is 17.1 Å². The van der Waals surface area contributed by atoms with Crippen molar-refractivity contribution in [1.29, 1.82) is 0 Å². The average Bonchev–Trinajstić information content (AvgIpc) is 2.46. The molecule has 0 aliphatic carbocycles. The Morgan fingerprint density at radius 2 is 1.88 bits per heavy atom. The first kappa shape index (κ1) is 18.2. The molecule has 0 saturated carbocycles. The summed E-state index contributed by atoms with van der Waals surface area (Å²) in [6.07, 6.45) is -2.43. The van der Waals surface area contributed by atoms with Crippen molar-refractivity contribution in [3.05, 3.63) is 52.8 Å². The van der Waals surface area contributed by atoms with Crippen LogP contribution in [0, 0.1) is 0 Å². The molecule has 5 nitrogen and oxygen atoms in total. The highest BCUT2D eigenvalue weighted by atomic mass is 35.5. The van der Waals surface area contributed by atoms with E-state index in [1.165, 1.54) is 30.5 Å². The van der Waals surface area contributed by atoms with E-state index in [2.05, 4.69) is 9.71 Å². The van der Waals surface area contributed by atoms with Gasteiger partial charge in [-0.25, -0.2) is 9.19 Å². The van der Waals surface area contributed by atoms with E-state index in [0.717, 1.165) is 12.3 Å². The summed E-state index contributed by atoms with van der Waals surface area (Å²) in [5.74, 6) is -0.247. The average molecular weight is 379 g/mol. The zero-order chi connectivity index (χ0) is 17.9. The lowest BCUT2D eigenvalue weighted by atomic mass is 10.2. The molecule has 0 spiro atoms. The molecule has 2 rings (SSSR count). The van der Waals surface area contributed by atoms with E-state index in [1.54, 1.807) is 0 Å². The summed E-state index contributed by atoms with van der Waals surface area (Å²) in [4.78, 5) is 14.9. The molecular weight excluding hydrogens is 369 g/mol. The van der Waals surface area contributed by atoms with Crippen LogP contribution in [-0.4, -0.2) is 21.4 Å². The molecule has 128 valence electrons. The summed E-state index contributed by atoms with van der Waals surface area (Å²) in [6, 6.07) is 6.68. The maximum atomic E-state index is 12.6. The Bertz CT molecular complexity index is 782. The number of halogens is 4. The van der Waals surface area contributed by atoms with Gasteiger partial charge in [0.2, 0.25) is 0 Å². The molecular formula is C14H10ClF3N2O3S. The number of hydrogen-bond donors (Lipinski definition) is 1. The number of rotatable bonds is 4. The number of pyridine rings is 1. The van der Waals surface area contributed by atoms with Gasteiger partial charge in [-0.1, -0.05) is 11.6 Å². The Balaban J connectivity index is 2.13. The molecule has 1 N–H and O–H groups in total. The number of benzene rings is 1. The Labute approximate surface area is 142 Å². The van der Waals surface area contributed by atoms with Crippen LogP contribution in [0.4, 0.5) is 13.2 Å². The number of carbonyl (C=O) groups is 1. The molecule has 1 heterocycles. The van der Waals surface area contributed by atoms with Crippen molar-refractivity contribution in [3.8, 4) is 11.5 Å². The molecule has 1 aromatic heterocycles. The van der Waals surface area contributed by atoms with Crippen LogP contribution >= 0.6 is 11.6 Å². The molecule has 1 unspecified atom stereocenters. The molecule has 0 bridgehead atoms. The smallest absolute Gasteiger partial charge is 0.434 e. The fraction of sp³-hybridized carbons (Fsp3) is 0.143. The summed E-state index contributed by atoms with van der Waals surface area (Å²) in [5.41, 5.74) is -0.947. The molecule has 10 heteroatoms. The third-order valence-corrected chi connectivity index (χ3v) is 3.43. The standard InChI is InChI=1S/C14H10ClF3N2O3S/c1-24(22)20-13(21)8-2-4-9(5-3-8)23-10-6-11(15)12(19-7-10)14(16,17)18/h2-7H,1H3,(H,20,21). The first-order valence-corrected chi connectivity index (χ1v) is 8.25. The summed E-state index contributed by atoms with van der Waals surface area (Å²) in [6.45, 7) is 0. The van der Waals surface area contributed by atoms with Crippen molar-refractivity contribution < 1.29 is 26.9 Å². The number of carbonyl (C=O) groups excluding carboxylic acids is 1. The normalized spacial score (nSPS) is 12.5. The topological polar surface area (TPSA) is 68.3 Å². The lowest BCUT2D eigenvalue weighted by molar-refractivity contribution is -0.141. The van der Waals surface area contributed by atoms with E-state index in [0.29, 0.717) is 0 Å². The van der Waals surface area contributed by atoms with Gasteiger partial charge in [0, 0.05) is 17.9 Å². The lowest BCUT2D eigenvalue weighted by Gasteiger charge is -2.10. The van der Waals surface area contributed by atoms with Gasteiger partial charge >= 0.3 is 6.18 Å². The monoisotopic (exact) mass is 378 g/mol. The molecule has 0 aliphatic heterocycles. The number of hydrogen-bond acceptors (Lipinski definition) is 4. The fourth-order valence-corrected chi connectivity index (χ4v) is 2.33. The Morgan fingerprint density at radius 1 is 1.25 bits per heavy atom. The second kappa shape index (κ2) is 7.18. The molecule has 2 aromatic rings. The highest BCUT2D eigenvalue weighted by Gasteiger charge is 2.35.